The highest BCUT2D eigenvalue weighted by molar-refractivity contribution is 5.57. The lowest BCUT2D eigenvalue weighted by Gasteiger charge is -2.08. The average Bonchev–Trinajstić information content (AvgIpc) is 2.82. The molecular formula is C15H19N3O4. The molecular weight excluding hydrogens is 286 g/mol. The second-order valence-electron chi connectivity index (χ2n) is 4.98. The Hall–Kier alpha value is -2.57. The van der Waals surface area contributed by atoms with E-state index in [2.05, 4.69) is 10.5 Å². The zero-order valence-electron chi connectivity index (χ0n) is 12.9. The number of benzene rings is 1. The third kappa shape index (κ3) is 3.55. The van der Waals surface area contributed by atoms with Crippen molar-refractivity contribution in [1.29, 1.82) is 0 Å². The Morgan fingerprint density at radius 1 is 1.41 bits per heavy atom. The fraction of sp³-hybridized carbons (Fsp3) is 0.400. The molecule has 1 heterocycles. The van der Waals surface area contributed by atoms with Crippen LogP contribution < -0.4 is 10.1 Å². The summed E-state index contributed by atoms with van der Waals surface area (Å²) in [4.78, 5) is 10.4. The molecule has 7 nitrogen and oxygen atoms in total. The van der Waals surface area contributed by atoms with Crippen molar-refractivity contribution in [3.63, 3.8) is 0 Å². The Morgan fingerprint density at radius 2 is 2.18 bits per heavy atom. The predicted molar refractivity (Wildman–Crippen MR) is 82.4 cm³/mol. The van der Waals surface area contributed by atoms with E-state index in [9.17, 15) is 10.1 Å². The maximum atomic E-state index is 10.8. The molecule has 0 radical (unpaired) electrons. The Balaban J connectivity index is 1.91. The molecule has 0 bridgehead atoms. The number of nitro benzene ring substituents is 1. The summed E-state index contributed by atoms with van der Waals surface area (Å²) in [7, 11) is 1.42. The highest BCUT2D eigenvalue weighted by atomic mass is 16.6. The molecule has 0 atom stereocenters. The van der Waals surface area contributed by atoms with Crippen LogP contribution in [-0.4, -0.2) is 23.7 Å². The second-order valence-corrected chi connectivity index (χ2v) is 4.98. The number of nitrogens with zero attached hydrogens (tertiary/aromatic N) is 2. The maximum Gasteiger partial charge on any atom is 0.311 e. The molecule has 0 aliphatic heterocycles. The normalized spacial score (nSPS) is 10.5. The van der Waals surface area contributed by atoms with Gasteiger partial charge in [0.15, 0.2) is 5.75 Å². The van der Waals surface area contributed by atoms with Gasteiger partial charge < -0.3 is 14.6 Å². The summed E-state index contributed by atoms with van der Waals surface area (Å²) in [6.07, 6.45) is 1.78. The van der Waals surface area contributed by atoms with E-state index in [-0.39, 0.29) is 11.4 Å². The van der Waals surface area contributed by atoms with Gasteiger partial charge in [-0.25, -0.2) is 0 Å². The van der Waals surface area contributed by atoms with Gasteiger partial charge in [-0.05, 0) is 32.8 Å². The van der Waals surface area contributed by atoms with Gasteiger partial charge in [-0.2, -0.15) is 0 Å². The minimum atomic E-state index is -0.458. The Labute approximate surface area is 128 Å². The number of hydrogen-bond donors (Lipinski definition) is 1. The highest BCUT2D eigenvalue weighted by Crippen LogP contribution is 2.29. The topological polar surface area (TPSA) is 90.4 Å². The van der Waals surface area contributed by atoms with Crippen LogP contribution in [-0.2, 0) is 6.42 Å². The standard InChI is InChI=1S/C15H19N3O4/c1-10-13(11(2)22-17-10)5-4-8-16-12-6-7-14(18(19)20)15(9-12)21-3/h6-7,9,16H,4-5,8H2,1-3H3. The number of ether oxygens (including phenoxy) is 1. The van der Waals surface area contributed by atoms with Gasteiger partial charge in [0.2, 0.25) is 0 Å². The van der Waals surface area contributed by atoms with Crippen molar-refractivity contribution in [3.05, 3.63) is 45.3 Å². The van der Waals surface area contributed by atoms with Crippen LogP contribution in [0.3, 0.4) is 0 Å². The van der Waals surface area contributed by atoms with E-state index in [4.69, 9.17) is 9.26 Å². The van der Waals surface area contributed by atoms with Gasteiger partial charge in [0, 0.05) is 29.9 Å². The molecule has 0 spiro atoms. The van der Waals surface area contributed by atoms with Crippen LogP contribution >= 0.6 is 0 Å². The first-order valence-electron chi connectivity index (χ1n) is 7.01. The summed E-state index contributed by atoms with van der Waals surface area (Å²) in [6, 6.07) is 4.75. The fourth-order valence-electron chi connectivity index (χ4n) is 2.30. The first kappa shape index (κ1) is 15.8. The number of rotatable bonds is 7. The van der Waals surface area contributed by atoms with Crippen LogP contribution in [0.5, 0.6) is 5.75 Å². The number of nitrogens with one attached hydrogen (secondary N) is 1. The second kappa shape index (κ2) is 6.93. The molecule has 1 aromatic carbocycles. The SMILES string of the molecule is COc1cc(NCCCc2c(C)noc2C)ccc1[N+](=O)[O-]. The van der Waals surface area contributed by atoms with E-state index in [1.54, 1.807) is 12.1 Å². The average molecular weight is 305 g/mol. The van der Waals surface area contributed by atoms with E-state index in [0.717, 1.165) is 42.1 Å². The monoisotopic (exact) mass is 305 g/mol. The first-order chi connectivity index (χ1) is 10.5. The van der Waals surface area contributed by atoms with Crippen molar-refractivity contribution >= 4 is 11.4 Å². The Morgan fingerprint density at radius 3 is 2.77 bits per heavy atom. The molecule has 0 saturated carbocycles. The Kier molecular flexibility index (Phi) is 4.98. The van der Waals surface area contributed by atoms with Crippen molar-refractivity contribution in [2.75, 3.05) is 19.0 Å². The summed E-state index contributed by atoms with van der Waals surface area (Å²) in [5, 5.41) is 18.0. The van der Waals surface area contributed by atoms with E-state index >= 15 is 0 Å². The summed E-state index contributed by atoms with van der Waals surface area (Å²) in [5.74, 6) is 1.11. The summed E-state index contributed by atoms with van der Waals surface area (Å²) in [6.45, 7) is 4.58. The zero-order valence-corrected chi connectivity index (χ0v) is 12.9. The van der Waals surface area contributed by atoms with E-state index in [1.807, 2.05) is 13.8 Å². The fourth-order valence-corrected chi connectivity index (χ4v) is 2.30. The molecule has 118 valence electrons. The van der Waals surface area contributed by atoms with Crippen molar-refractivity contribution in [2.45, 2.75) is 26.7 Å². The molecule has 7 heteroatoms. The van der Waals surface area contributed by atoms with Crippen molar-refractivity contribution in [3.8, 4) is 5.75 Å². The maximum absolute atomic E-state index is 10.8. The van der Waals surface area contributed by atoms with Gasteiger partial charge in [0.25, 0.3) is 0 Å². The molecule has 22 heavy (non-hydrogen) atoms. The smallest absolute Gasteiger partial charge is 0.311 e. The predicted octanol–water partition coefficient (Wildman–Crippen LogP) is 3.25. The van der Waals surface area contributed by atoms with Gasteiger partial charge in [-0.1, -0.05) is 5.16 Å². The molecule has 0 amide bonds. The van der Waals surface area contributed by atoms with Gasteiger partial charge in [-0.15, -0.1) is 0 Å². The Bertz CT molecular complexity index is 647. The lowest BCUT2D eigenvalue weighted by Crippen LogP contribution is -2.04. The molecule has 0 fully saturated rings. The molecule has 2 rings (SSSR count). The minimum absolute atomic E-state index is 0.0382. The van der Waals surface area contributed by atoms with Crippen LogP contribution in [0.4, 0.5) is 11.4 Å². The summed E-state index contributed by atoms with van der Waals surface area (Å²) < 4.78 is 10.2. The first-order valence-corrected chi connectivity index (χ1v) is 7.01. The van der Waals surface area contributed by atoms with E-state index in [1.165, 1.54) is 13.2 Å². The number of anilines is 1. The van der Waals surface area contributed by atoms with E-state index in [0.29, 0.717) is 0 Å². The van der Waals surface area contributed by atoms with Crippen LogP contribution in [0.1, 0.15) is 23.4 Å². The van der Waals surface area contributed by atoms with Crippen molar-refractivity contribution in [1.82, 2.24) is 5.16 Å². The third-order valence-electron chi connectivity index (χ3n) is 3.49. The van der Waals surface area contributed by atoms with Crippen LogP contribution in [0, 0.1) is 24.0 Å². The molecule has 0 unspecified atom stereocenters. The van der Waals surface area contributed by atoms with Crippen molar-refractivity contribution in [2.24, 2.45) is 0 Å². The molecule has 1 N–H and O–H groups in total. The van der Waals surface area contributed by atoms with Gasteiger partial charge in [0.1, 0.15) is 5.76 Å². The molecule has 2 aromatic rings. The lowest BCUT2D eigenvalue weighted by atomic mass is 10.1. The number of aromatic nitrogens is 1. The van der Waals surface area contributed by atoms with Crippen LogP contribution in [0.15, 0.2) is 22.7 Å². The number of hydrogen-bond acceptors (Lipinski definition) is 6. The summed E-state index contributed by atoms with van der Waals surface area (Å²) >= 11 is 0. The molecule has 0 aliphatic rings. The molecule has 0 aliphatic carbocycles. The highest BCUT2D eigenvalue weighted by Gasteiger charge is 2.14. The van der Waals surface area contributed by atoms with Crippen LogP contribution in [0.2, 0.25) is 0 Å². The van der Waals surface area contributed by atoms with Gasteiger partial charge in [0.05, 0.1) is 17.7 Å². The zero-order chi connectivity index (χ0) is 16.1. The summed E-state index contributed by atoms with van der Waals surface area (Å²) in [5.41, 5.74) is 2.82. The minimum Gasteiger partial charge on any atom is -0.490 e. The number of aryl methyl sites for hydroxylation is 2. The van der Waals surface area contributed by atoms with Gasteiger partial charge >= 0.3 is 5.69 Å². The largest absolute Gasteiger partial charge is 0.490 e. The quantitative estimate of drug-likeness (QED) is 0.479. The van der Waals surface area contributed by atoms with Crippen LogP contribution in [0.25, 0.3) is 0 Å². The molecule has 0 saturated heterocycles. The number of methoxy groups -OCH3 is 1. The van der Waals surface area contributed by atoms with E-state index < -0.39 is 4.92 Å². The third-order valence-corrected chi connectivity index (χ3v) is 3.49. The lowest BCUT2D eigenvalue weighted by molar-refractivity contribution is -0.385. The number of nitro groups is 1. The van der Waals surface area contributed by atoms with Gasteiger partial charge in [-0.3, -0.25) is 10.1 Å². The molecule has 1 aromatic heterocycles. The van der Waals surface area contributed by atoms with Crippen molar-refractivity contribution < 1.29 is 14.2 Å².